The van der Waals surface area contributed by atoms with Crippen molar-refractivity contribution in [2.45, 2.75) is 51.5 Å². The number of pyridine rings is 1. The third-order valence-corrected chi connectivity index (χ3v) is 6.63. The number of nitrogens with two attached hydrogens (primary N) is 1. The van der Waals surface area contributed by atoms with Crippen LogP contribution in [0.15, 0.2) is 12.3 Å². The number of aromatic nitrogens is 5. The molecule has 168 valence electrons. The van der Waals surface area contributed by atoms with Crippen LogP contribution in [0, 0.1) is 5.92 Å². The zero-order chi connectivity index (χ0) is 22.2. The molecule has 3 fully saturated rings. The van der Waals surface area contributed by atoms with Gasteiger partial charge in [-0.1, -0.05) is 0 Å². The summed E-state index contributed by atoms with van der Waals surface area (Å²) in [5.74, 6) is 2.30. The van der Waals surface area contributed by atoms with Gasteiger partial charge in [0.1, 0.15) is 11.4 Å². The van der Waals surface area contributed by atoms with E-state index in [0.717, 1.165) is 36.5 Å². The molecule has 4 aliphatic rings. The van der Waals surface area contributed by atoms with Crippen molar-refractivity contribution in [1.82, 2.24) is 24.5 Å². The molecule has 3 aromatic rings. The summed E-state index contributed by atoms with van der Waals surface area (Å²) in [5.41, 5.74) is 7.06. The molecule has 2 N–H and O–H groups in total. The molecule has 3 aliphatic heterocycles. The molecule has 6 heterocycles. The normalized spacial score (nSPS) is 23.5. The maximum Gasteiger partial charge on any atom is 0.387 e. The fourth-order valence-corrected chi connectivity index (χ4v) is 5.00. The summed E-state index contributed by atoms with van der Waals surface area (Å²) in [7, 11) is 0. The van der Waals surface area contributed by atoms with Gasteiger partial charge in [-0.25, -0.2) is 19.9 Å². The average molecular weight is 443 g/mol. The first-order valence-corrected chi connectivity index (χ1v) is 10.7. The molecule has 0 unspecified atom stereocenters. The second kappa shape index (κ2) is 6.71. The number of halogens is 2. The van der Waals surface area contributed by atoms with Crippen LogP contribution in [-0.4, -0.2) is 50.3 Å². The highest BCUT2D eigenvalue weighted by atomic mass is 19.3. The maximum atomic E-state index is 12.8. The van der Waals surface area contributed by atoms with Crippen LogP contribution in [-0.2, 0) is 16.9 Å². The van der Waals surface area contributed by atoms with E-state index in [1.54, 1.807) is 0 Å². The molecule has 3 aromatic heterocycles. The molecule has 1 aliphatic carbocycles. The zero-order valence-corrected chi connectivity index (χ0v) is 17.8. The Hall–Kier alpha value is -3.08. The summed E-state index contributed by atoms with van der Waals surface area (Å²) >= 11 is 0. The number of alkyl halides is 2. The molecule has 2 bridgehead atoms. The lowest BCUT2D eigenvalue weighted by molar-refractivity contribution is -0.0531. The first-order valence-electron chi connectivity index (χ1n) is 10.7. The molecule has 7 rings (SSSR count). The highest BCUT2D eigenvalue weighted by Gasteiger charge is 2.45. The lowest BCUT2D eigenvalue weighted by Gasteiger charge is -2.30. The van der Waals surface area contributed by atoms with Gasteiger partial charge in [-0.05, 0) is 38.7 Å². The number of imidazole rings is 1. The van der Waals surface area contributed by atoms with Crippen molar-refractivity contribution in [3.63, 3.8) is 0 Å². The third-order valence-electron chi connectivity index (χ3n) is 6.63. The molecule has 0 aromatic carbocycles. The van der Waals surface area contributed by atoms with E-state index >= 15 is 0 Å². The minimum Gasteiger partial charge on any atom is -0.431 e. The smallest absolute Gasteiger partial charge is 0.387 e. The first-order chi connectivity index (χ1) is 15.3. The van der Waals surface area contributed by atoms with E-state index in [4.69, 9.17) is 25.4 Å². The van der Waals surface area contributed by atoms with Crippen molar-refractivity contribution in [3.05, 3.63) is 18.1 Å². The van der Waals surface area contributed by atoms with Crippen molar-refractivity contribution in [1.29, 1.82) is 0 Å². The van der Waals surface area contributed by atoms with Crippen LogP contribution in [0.2, 0.25) is 0 Å². The van der Waals surface area contributed by atoms with E-state index in [1.165, 1.54) is 12.3 Å². The van der Waals surface area contributed by atoms with Crippen LogP contribution in [0.3, 0.4) is 0 Å². The Labute approximate surface area is 182 Å². The van der Waals surface area contributed by atoms with Crippen molar-refractivity contribution in [2.24, 2.45) is 5.92 Å². The van der Waals surface area contributed by atoms with Crippen molar-refractivity contribution >= 4 is 22.8 Å². The van der Waals surface area contributed by atoms with Crippen LogP contribution in [0.4, 0.5) is 20.4 Å². The van der Waals surface area contributed by atoms with E-state index in [-0.39, 0.29) is 11.6 Å². The molecule has 0 spiro atoms. The van der Waals surface area contributed by atoms with Gasteiger partial charge in [0.15, 0.2) is 34.4 Å². The second-order valence-electron chi connectivity index (χ2n) is 9.12. The average Bonchev–Trinajstić information content (AvgIpc) is 3.41. The predicted octanol–water partition coefficient (Wildman–Crippen LogP) is 2.94. The zero-order valence-electron chi connectivity index (χ0n) is 17.8. The SMILES string of the molecule is CC1(C)OCCn2c1nc1c(N3CC4CC3C4)nc(-c3cnc(N)c(OC(F)F)c3)nc12. The minimum absolute atomic E-state index is 0.114. The number of nitrogens with zero attached hydrogens (tertiary/aromatic N) is 6. The molecule has 0 atom stereocenters. The first kappa shape index (κ1) is 19.6. The summed E-state index contributed by atoms with van der Waals surface area (Å²) in [6.07, 6.45) is 3.78. The third kappa shape index (κ3) is 2.90. The number of hydrogen-bond acceptors (Lipinski definition) is 8. The summed E-state index contributed by atoms with van der Waals surface area (Å²) in [4.78, 5) is 20.9. The standard InChI is InChI=1S/C21H23F2N7O2/c1-21(2)19-26-14-17(29(19)3-4-31-21)27-16(28-18(14)30-9-10-5-12(30)6-10)11-7-13(32-20(22)23)15(24)25-8-11/h7-8,10,12,20H,3-6,9H2,1-2H3,(H2,24,25). The summed E-state index contributed by atoms with van der Waals surface area (Å²) in [6.45, 7) is 3.07. The summed E-state index contributed by atoms with van der Waals surface area (Å²) < 4.78 is 38.2. The van der Waals surface area contributed by atoms with Gasteiger partial charge < -0.3 is 24.7 Å². The predicted molar refractivity (Wildman–Crippen MR) is 112 cm³/mol. The van der Waals surface area contributed by atoms with Crippen LogP contribution < -0.4 is 15.4 Å². The number of fused-ring (bicyclic) bond motifs is 4. The fraction of sp³-hybridized carbons (Fsp3) is 0.524. The van der Waals surface area contributed by atoms with Crippen LogP contribution >= 0.6 is 0 Å². The summed E-state index contributed by atoms with van der Waals surface area (Å²) in [5, 5.41) is 0. The molecule has 32 heavy (non-hydrogen) atoms. The molecule has 1 saturated carbocycles. The molecular weight excluding hydrogens is 420 g/mol. The number of nitrogen functional groups attached to an aromatic ring is 1. The van der Waals surface area contributed by atoms with Gasteiger partial charge in [0.2, 0.25) is 0 Å². The molecule has 11 heteroatoms. The fourth-order valence-electron chi connectivity index (χ4n) is 5.00. The van der Waals surface area contributed by atoms with Gasteiger partial charge in [-0.15, -0.1) is 0 Å². The Morgan fingerprint density at radius 3 is 2.78 bits per heavy atom. The van der Waals surface area contributed by atoms with Crippen molar-refractivity contribution in [2.75, 3.05) is 23.8 Å². The van der Waals surface area contributed by atoms with E-state index < -0.39 is 12.2 Å². The van der Waals surface area contributed by atoms with Gasteiger partial charge in [0, 0.05) is 30.9 Å². The molecule has 0 radical (unpaired) electrons. The number of anilines is 2. The maximum absolute atomic E-state index is 12.8. The topological polar surface area (TPSA) is 104 Å². The van der Waals surface area contributed by atoms with Gasteiger partial charge in [0.25, 0.3) is 0 Å². The Bertz CT molecular complexity index is 1220. The van der Waals surface area contributed by atoms with E-state index in [0.29, 0.717) is 42.1 Å². The lowest BCUT2D eigenvalue weighted by Crippen LogP contribution is -2.33. The van der Waals surface area contributed by atoms with Crippen LogP contribution in [0.1, 0.15) is 32.5 Å². The molecule has 2 saturated heterocycles. The van der Waals surface area contributed by atoms with Gasteiger partial charge in [-0.3, -0.25) is 0 Å². The van der Waals surface area contributed by atoms with E-state index in [9.17, 15) is 8.78 Å². The Kier molecular flexibility index (Phi) is 4.11. The van der Waals surface area contributed by atoms with E-state index in [1.807, 2.05) is 13.8 Å². The number of rotatable bonds is 4. The second-order valence-corrected chi connectivity index (χ2v) is 9.12. The Morgan fingerprint density at radius 2 is 2.06 bits per heavy atom. The monoisotopic (exact) mass is 443 g/mol. The van der Waals surface area contributed by atoms with Gasteiger partial charge in [-0.2, -0.15) is 8.78 Å². The Balaban J connectivity index is 1.55. The quantitative estimate of drug-likeness (QED) is 0.656. The van der Waals surface area contributed by atoms with Gasteiger partial charge >= 0.3 is 6.61 Å². The highest BCUT2D eigenvalue weighted by Crippen LogP contribution is 2.45. The highest BCUT2D eigenvalue weighted by molar-refractivity contribution is 5.87. The lowest BCUT2D eigenvalue weighted by atomic mass is 9.86. The molecule has 9 nitrogen and oxygen atoms in total. The van der Waals surface area contributed by atoms with Crippen molar-refractivity contribution in [3.8, 4) is 17.1 Å². The minimum atomic E-state index is -3.01. The number of ether oxygens (including phenoxy) is 2. The van der Waals surface area contributed by atoms with Crippen molar-refractivity contribution < 1.29 is 18.3 Å². The molecular formula is C21H23F2N7O2. The summed E-state index contributed by atoms with van der Waals surface area (Å²) in [6, 6.07) is 1.85. The largest absolute Gasteiger partial charge is 0.431 e. The number of hydrogen-bond donors (Lipinski definition) is 1. The van der Waals surface area contributed by atoms with Crippen LogP contribution in [0.25, 0.3) is 22.6 Å². The Morgan fingerprint density at radius 1 is 1.25 bits per heavy atom. The van der Waals surface area contributed by atoms with Crippen LogP contribution in [0.5, 0.6) is 5.75 Å². The van der Waals surface area contributed by atoms with Gasteiger partial charge in [0.05, 0.1) is 6.61 Å². The molecule has 0 amide bonds. The van der Waals surface area contributed by atoms with E-state index in [2.05, 4.69) is 19.2 Å².